The zero-order valence-corrected chi connectivity index (χ0v) is 16.2. The van der Waals surface area contributed by atoms with Gasteiger partial charge in [-0.1, -0.05) is 23.7 Å². The number of sulfonamides is 1. The van der Waals surface area contributed by atoms with Gasteiger partial charge in [0.2, 0.25) is 0 Å². The number of carbonyl (C=O) groups excluding carboxylic acids is 1. The number of hydrogen-bond acceptors (Lipinski definition) is 4. The molecule has 0 aliphatic carbocycles. The zero-order chi connectivity index (χ0) is 20.3. The second kappa shape index (κ2) is 8.00. The lowest BCUT2D eigenvalue weighted by atomic mass is 10.0. The first-order valence-electron chi connectivity index (χ1n) is 8.07. The molecule has 0 aromatic heterocycles. The molecule has 0 bridgehead atoms. The van der Waals surface area contributed by atoms with Crippen molar-refractivity contribution in [3.05, 3.63) is 88.7 Å². The molecule has 0 heterocycles. The van der Waals surface area contributed by atoms with Crippen LogP contribution in [0.5, 0.6) is 5.75 Å². The predicted molar refractivity (Wildman–Crippen MR) is 105 cm³/mol. The lowest BCUT2D eigenvalue weighted by molar-refractivity contribution is 0.103. The summed E-state index contributed by atoms with van der Waals surface area (Å²) in [5, 5.41) is 0.215. The van der Waals surface area contributed by atoms with Crippen LogP contribution in [0.4, 0.5) is 10.1 Å². The summed E-state index contributed by atoms with van der Waals surface area (Å²) in [6, 6.07) is 15.3. The Labute approximate surface area is 166 Å². The zero-order valence-electron chi connectivity index (χ0n) is 14.6. The Morgan fingerprint density at radius 1 is 1.00 bits per heavy atom. The minimum atomic E-state index is -3.99. The molecule has 0 spiro atoms. The summed E-state index contributed by atoms with van der Waals surface area (Å²) in [7, 11) is -2.53. The molecule has 1 N–H and O–H groups in total. The molecule has 0 fully saturated rings. The van der Waals surface area contributed by atoms with E-state index in [0.717, 1.165) is 6.07 Å². The summed E-state index contributed by atoms with van der Waals surface area (Å²) < 4.78 is 46.8. The van der Waals surface area contributed by atoms with Crippen molar-refractivity contribution in [1.82, 2.24) is 0 Å². The normalized spacial score (nSPS) is 11.1. The lowest BCUT2D eigenvalue weighted by Gasteiger charge is -2.13. The van der Waals surface area contributed by atoms with Gasteiger partial charge >= 0.3 is 0 Å². The molecule has 0 saturated heterocycles. The van der Waals surface area contributed by atoms with Crippen LogP contribution < -0.4 is 9.46 Å². The van der Waals surface area contributed by atoms with Crippen molar-refractivity contribution in [2.24, 2.45) is 0 Å². The van der Waals surface area contributed by atoms with E-state index in [1.165, 1.54) is 67.8 Å². The Balaban J connectivity index is 2.01. The van der Waals surface area contributed by atoms with Crippen LogP contribution in [0.25, 0.3) is 0 Å². The van der Waals surface area contributed by atoms with Gasteiger partial charge in [-0.05, 0) is 54.6 Å². The molecule has 0 saturated carbocycles. The number of hydrogen-bond donors (Lipinski definition) is 1. The van der Waals surface area contributed by atoms with Gasteiger partial charge in [0, 0.05) is 10.6 Å². The van der Waals surface area contributed by atoms with Gasteiger partial charge in [0.15, 0.2) is 5.78 Å². The van der Waals surface area contributed by atoms with E-state index >= 15 is 0 Å². The van der Waals surface area contributed by atoms with Crippen molar-refractivity contribution in [2.45, 2.75) is 4.90 Å². The fourth-order valence-electron chi connectivity index (χ4n) is 2.54. The van der Waals surface area contributed by atoms with Gasteiger partial charge < -0.3 is 4.74 Å². The molecular formula is C20H15ClFNO4S. The van der Waals surface area contributed by atoms with Crippen LogP contribution in [-0.2, 0) is 10.0 Å². The van der Waals surface area contributed by atoms with E-state index in [1.807, 2.05) is 0 Å². The van der Waals surface area contributed by atoms with Crippen LogP contribution in [0.1, 0.15) is 15.9 Å². The maximum atomic E-state index is 14.0. The monoisotopic (exact) mass is 419 g/mol. The van der Waals surface area contributed by atoms with E-state index in [-0.39, 0.29) is 26.7 Å². The first-order valence-corrected chi connectivity index (χ1v) is 9.93. The molecule has 3 aromatic carbocycles. The molecule has 0 aliphatic heterocycles. The van der Waals surface area contributed by atoms with Crippen LogP contribution in [0.15, 0.2) is 71.6 Å². The predicted octanol–water partition coefficient (Wildman–Crippen LogP) is 4.52. The lowest BCUT2D eigenvalue weighted by Crippen LogP contribution is -2.16. The van der Waals surface area contributed by atoms with E-state index in [9.17, 15) is 17.6 Å². The van der Waals surface area contributed by atoms with E-state index in [2.05, 4.69) is 4.72 Å². The minimum absolute atomic E-state index is 0.00605. The first kappa shape index (κ1) is 19.9. The Kier molecular flexibility index (Phi) is 5.67. The maximum absolute atomic E-state index is 14.0. The first-order chi connectivity index (χ1) is 13.3. The Morgan fingerprint density at radius 2 is 1.68 bits per heavy atom. The number of rotatable bonds is 6. The number of anilines is 1. The molecular weight excluding hydrogens is 405 g/mol. The highest BCUT2D eigenvalue weighted by Gasteiger charge is 2.21. The number of carbonyl (C=O) groups is 1. The summed E-state index contributed by atoms with van der Waals surface area (Å²) in [4.78, 5) is 12.8. The van der Waals surface area contributed by atoms with E-state index in [1.54, 1.807) is 0 Å². The third kappa shape index (κ3) is 4.16. The summed E-state index contributed by atoms with van der Waals surface area (Å²) in [6.07, 6.45) is 0. The fraction of sp³-hybridized carbons (Fsp3) is 0.0500. The van der Waals surface area contributed by atoms with E-state index in [4.69, 9.17) is 16.3 Å². The number of benzene rings is 3. The van der Waals surface area contributed by atoms with Gasteiger partial charge in [0.25, 0.3) is 10.0 Å². The molecule has 144 valence electrons. The molecule has 28 heavy (non-hydrogen) atoms. The molecule has 0 aliphatic rings. The number of methoxy groups -OCH3 is 1. The fourth-order valence-corrected chi connectivity index (χ4v) is 3.79. The van der Waals surface area contributed by atoms with Crippen molar-refractivity contribution >= 4 is 33.1 Å². The summed E-state index contributed by atoms with van der Waals surface area (Å²) in [6.45, 7) is 0. The quantitative estimate of drug-likeness (QED) is 0.596. The SMILES string of the molecule is COc1ccc(S(=O)(=O)Nc2ccc(Cl)cc2C(=O)c2ccccc2F)cc1. The average Bonchev–Trinajstić information content (AvgIpc) is 2.69. The van der Waals surface area contributed by atoms with Gasteiger partial charge in [0.05, 0.1) is 23.3 Å². The number of halogens is 2. The van der Waals surface area contributed by atoms with Gasteiger partial charge in [-0.15, -0.1) is 0 Å². The van der Waals surface area contributed by atoms with E-state index < -0.39 is 21.6 Å². The van der Waals surface area contributed by atoms with Gasteiger partial charge in [0.1, 0.15) is 11.6 Å². The number of ketones is 1. The summed E-state index contributed by atoms with van der Waals surface area (Å²) in [5.74, 6) is -0.898. The standard InChI is InChI=1S/C20H15ClFNO4S/c1-27-14-7-9-15(10-8-14)28(25,26)23-19-11-6-13(21)12-17(19)20(24)16-4-2-3-5-18(16)22/h2-12,23H,1H3. The third-order valence-corrected chi connectivity index (χ3v) is 5.58. The van der Waals surface area contributed by atoms with Crippen molar-refractivity contribution in [3.63, 3.8) is 0 Å². The molecule has 3 aromatic rings. The van der Waals surface area contributed by atoms with Crippen LogP contribution in [0, 0.1) is 5.82 Å². The Hall–Kier alpha value is -2.90. The van der Waals surface area contributed by atoms with Crippen LogP contribution in [0.2, 0.25) is 5.02 Å². The highest BCUT2D eigenvalue weighted by atomic mass is 35.5. The number of ether oxygens (including phenoxy) is 1. The molecule has 5 nitrogen and oxygen atoms in total. The van der Waals surface area contributed by atoms with Crippen LogP contribution in [0.3, 0.4) is 0 Å². The van der Waals surface area contributed by atoms with Gasteiger partial charge in [-0.3, -0.25) is 9.52 Å². The van der Waals surface area contributed by atoms with Crippen LogP contribution >= 0.6 is 11.6 Å². The Morgan fingerprint density at radius 3 is 2.32 bits per heavy atom. The van der Waals surface area contributed by atoms with Crippen molar-refractivity contribution in [1.29, 1.82) is 0 Å². The Bertz CT molecular complexity index is 1130. The minimum Gasteiger partial charge on any atom is -0.497 e. The number of nitrogens with one attached hydrogen (secondary N) is 1. The second-order valence-corrected chi connectivity index (χ2v) is 7.90. The van der Waals surface area contributed by atoms with Gasteiger partial charge in [-0.25, -0.2) is 12.8 Å². The highest BCUT2D eigenvalue weighted by Crippen LogP contribution is 2.27. The molecule has 0 radical (unpaired) electrons. The molecule has 0 unspecified atom stereocenters. The maximum Gasteiger partial charge on any atom is 0.261 e. The average molecular weight is 420 g/mol. The largest absolute Gasteiger partial charge is 0.497 e. The molecule has 0 amide bonds. The smallest absolute Gasteiger partial charge is 0.261 e. The molecule has 3 rings (SSSR count). The van der Waals surface area contributed by atoms with Crippen molar-refractivity contribution in [2.75, 3.05) is 11.8 Å². The second-order valence-electron chi connectivity index (χ2n) is 5.78. The summed E-state index contributed by atoms with van der Waals surface area (Å²) >= 11 is 5.97. The molecule has 8 heteroatoms. The van der Waals surface area contributed by atoms with Crippen molar-refractivity contribution < 1.29 is 22.3 Å². The highest BCUT2D eigenvalue weighted by molar-refractivity contribution is 7.92. The molecule has 0 atom stereocenters. The van der Waals surface area contributed by atoms with Crippen molar-refractivity contribution in [3.8, 4) is 5.75 Å². The van der Waals surface area contributed by atoms with Crippen LogP contribution in [-0.4, -0.2) is 21.3 Å². The summed E-state index contributed by atoms with van der Waals surface area (Å²) in [5.41, 5.74) is -0.252. The van der Waals surface area contributed by atoms with E-state index in [0.29, 0.717) is 5.75 Å². The topological polar surface area (TPSA) is 72.5 Å². The van der Waals surface area contributed by atoms with Gasteiger partial charge in [-0.2, -0.15) is 0 Å². The third-order valence-electron chi connectivity index (χ3n) is 3.96.